The normalized spacial score (nSPS) is 15.5. The van der Waals surface area contributed by atoms with Crippen molar-refractivity contribution in [3.05, 3.63) is 30.1 Å². The maximum atomic E-state index is 13.0. The molecule has 1 aliphatic heterocycles. The molecule has 1 aromatic carbocycles. The van der Waals surface area contributed by atoms with Crippen molar-refractivity contribution in [2.24, 2.45) is 5.92 Å². The van der Waals surface area contributed by atoms with Crippen molar-refractivity contribution in [1.29, 1.82) is 0 Å². The van der Waals surface area contributed by atoms with Gasteiger partial charge in [-0.1, -0.05) is 0 Å². The average molecular weight is 422 g/mol. The summed E-state index contributed by atoms with van der Waals surface area (Å²) in [5.41, 5.74) is -0.0655. The molecule has 1 fully saturated rings. The van der Waals surface area contributed by atoms with Crippen LogP contribution in [-0.2, 0) is 19.1 Å². The van der Waals surface area contributed by atoms with E-state index in [9.17, 15) is 18.8 Å². The van der Waals surface area contributed by atoms with Crippen LogP contribution in [-0.4, -0.2) is 65.9 Å². The third-order valence-electron chi connectivity index (χ3n) is 5.11. The molecule has 1 heterocycles. The number of carbonyl (C=O) groups is 3. The van der Waals surface area contributed by atoms with Gasteiger partial charge in [-0.2, -0.15) is 0 Å². The fraction of sp³-hybridized carbons (Fsp3) is 0.591. The molecule has 166 valence electrons. The van der Waals surface area contributed by atoms with E-state index in [1.54, 1.807) is 11.8 Å². The van der Waals surface area contributed by atoms with E-state index in [-0.39, 0.29) is 42.6 Å². The molecule has 0 aliphatic carbocycles. The van der Waals surface area contributed by atoms with Gasteiger partial charge < -0.3 is 15.0 Å². The Morgan fingerprint density at radius 2 is 1.77 bits per heavy atom. The van der Waals surface area contributed by atoms with Crippen LogP contribution in [0.1, 0.15) is 40.5 Å². The first kappa shape index (κ1) is 23.8. The van der Waals surface area contributed by atoms with Crippen molar-refractivity contribution in [2.45, 2.75) is 46.1 Å². The minimum Gasteiger partial charge on any atom is -0.466 e. The lowest BCUT2D eigenvalue weighted by molar-refractivity contribution is -0.150. The molecular formula is C22H32FN3O4. The summed E-state index contributed by atoms with van der Waals surface area (Å²) in [6.07, 6.45) is 1.32. The summed E-state index contributed by atoms with van der Waals surface area (Å²) in [7, 11) is 0. The Balaban J connectivity index is 1.92. The Labute approximate surface area is 177 Å². The molecular weight excluding hydrogens is 389 g/mol. The van der Waals surface area contributed by atoms with Gasteiger partial charge in [-0.3, -0.25) is 19.3 Å². The number of anilines is 1. The van der Waals surface area contributed by atoms with Gasteiger partial charge in [0, 0.05) is 11.2 Å². The van der Waals surface area contributed by atoms with Crippen LogP contribution >= 0.6 is 0 Å². The first-order valence-electron chi connectivity index (χ1n) is 10.3. The highest BCUT2D eigenvalue weighted by molar-refractivity contribution is 5.95. The molecule has 1 aliphatic rings. The predicted octanol–water partition coefficient (Wildman–Crippen LogP) is 2.67. The number of halogens is 1. The van der Waals surface area contributed by atoms with Crippen LogP contribution in [0.25, 0.3) is 0 Å². The number of amides is 2. The van der Waals surface area contributed by atoms with E-state index >= 15 is 0 Å². The second-order valence-corrected chi connectivity index (χ2v) is 8.51. The van der Waals surface area contributed by atoms with Gasteiger partial charge in [-0.15, -0.1) is 0 Å². The number of benzene rings is 1. The summed E-state index contributed by atoms with van der Waals surface area (Å²) in [5, 5.41) is 2.70. The molecule has 8 heteroatoms. The van der Waals surface area contributed by atoms with Crippen molar-refractivity contribution in [2.75, 3.05) is 38.1 Å². The summed E-state index contributed by atoms with van der Waals surface area (Å²) < 4.78 is 18.1. The highest BCUT2D eigenvalue weighted by Gasteiger charge is 2.32. The average Bonchev–Trinajstić information content (AvgIpc) is 2.67. The molecule has 1 aromatic rings. The zero-order chi connectivity index (χ0) is 22.3. The Bertz CT molecular complexity index is 738. The van der Waals surface area contributed by atoms with E-state index in [4.69, 9.17) is 4.74 Å². The lowest BCUT2D eigenvalue weighted by Gasteiger charge is -2.38. The monoisotopic (exact) mass is 421 g/mol. The molecule has 1 saturated heterocycles. The van der Waals surface area contributed by atoms with E-state index in [0.29, 0.717) is 38.2 Å². The smallest absolute Gasteiger partial charge is 0.309 e. The minimum absolute atomic E-state index is 0.0982. The first-order valence-corrected chi connectivity index (χ1v) is 10.3. The number of likely N-dealkylation sites (tertiary alicyclic amines) is 1. The fourth-order valence-corrected chi connectivity index (χ4v) is 3.44. The lowest BCUT2D eigenvalue weighted by atomic mass is 9.97. The van der Waals surface area contributed by atoms with Crippen LogP contribution in [0.4, 0.5) is 10.1 Å². The number of rotatable bonds is 7. The lowest BCUT2D eigenvalue weighted by Crippen LogP contribution is -2.53. The molecule has 0 atom stereocenters. The van der Waals surface area contributed by atoms with E-state index in [0.717, 1.165) is 0 Å². The van der Waals surface area contributed by atoms with Gasteiger partial charge in [0.25, 0.3) is 0 Å². The second kappa shape index (κ2) is 10.5. The van der Waals surface area contributed by atoms with Crippen LogP contribution in [0.3, 0.4) is 0 Å². The van der Waals surface area contributed by atoms with Crippen molar-refractivity contribution in [3.63, 3.8) is 0 Å². The third-order valence-corrected chi connectivity index (χ3v) is 5.11. The van der Waals surface area contributed by atoms with Crippen LogP contribution in [0.5, 0.6) is 0 Å². The molecule has 2 amide bonds. The quantitative estimate of drug-likeness (QED) is 0.685. The number of piperidine rings is 1. The number of nitrogens with zero attached hydrogens (tertiary/aromatic N) is 2. The SMILES string of the molecule is CCOC(=O)C1CCN(CC(=O)N(CC(=O)Nc2ccc(F)cc2)C(C)(C)C)CC1. The number of nitrogens with one attached hydrogen (secondary N) is 1. The first-order chi connectivity index (χ1) is 14.1. The minimum atomic E-state index is -0.541. The van der Waals surface area contributed by atoms with Crippen LogP contribution in [0.15, 0.2) is 24.3 Å². The number of ether oxygens (including phenoxy) is 1. The molecule has 0 unspecified atom stereocenters. The fourth-order valence-electron chi connectivity index (χ4n) is 3.44. The van der Waals surface area contributed by atoms with E-state index in [1.165, 1.54) is 24.3 Å². The molecule has 0 bridgehead atoms. The molecule has 2 rings (SSSR count). The van der Waals surface area contributed by atoms with Crippen molar-refractivity contribution < 1.29 is 23.5 Å². The van der Waals surface area contributed by atoms with E-state index in [1.807, 2.05) is 25.7 Å². The van der Waals surface area contributed by atoms with E-state index in [2.05, 4.69) is 5.32 Å². The summed E-state index contributed by atoms with van der Waals surface area (Å²) in [4.78, 5) is 40.9. The van der Waals surface area contributed by atoms with Gasteiger partial charge in [0.15, 0.2) is 0 Å². The number of carbonyl (C=O) groups excluding carboxylic acids is 3. The largest absolute Gasteiger partial charge is 0.466 e. The van der Waals surface area contributed by atoms with Crippen molar-refractivity contribution in [1.82, 2.24) is 9.80 Å². The van der Waals surface area contributed by atoms with Crippen molar-refractivity contribution in [3.8, 4) is 0 Å². The van der Waals surface area contributed by atoms with Gasteiger partial charge >= 0.3 is 5.97 Å². The predicted molar refractivity (Wildman–Crippen MR) is 112 cm³/mol. The van der Waals surface area contributed by atoms with Crippen LogP contribution in [0.2, 0.25) is 0 Å². The standard InChI is InChI=1S/C22H32FN3O4/c1-5-30-21(29)16-10-12-25(13-11-16)15-20(28)26(22(2,3)4)14-19(27)24-18-8-6-17(23)7-9-18/h6-9,16H,5,10-15H2,1-4H3,(H,24,27). The highest BCUT2D eigenvalue weighted by Crippen LogP contribution is 2.20. The van der Waals surface area contributed by atoms with Crippen molar-refractivity contribution >= 4 is 23.5 Å². The summed E-state index contributed by atoms with van der Waals surface area (Å²) in [5.74, 6) is -1.16. The van der Waals surface area contributed by atoms with E-state index < -0.39 is 5.54 Å². The van der Waals surface area contributed by atoms with Crippen LogP contribution in [0, 0.1) is 11.7 Å². The van der Waals surface area contributed by atoms with Gasteiger partial charge in [0.1, 0.15) is 12.4 Å². The Kier molecular flexibility index (Phi) is 8.34. The Morgan fingerprint density at radius 3 is 2.30 bits per heavy atom. The van der Waals surface area contributed by atoms with Gasteiger partial charge in [-0.05, 0) is 77.9 Å². The molecule has 0 aromatic heterocycles. The van der Waals surface area contributed by atoms with Crippen LogP contribution < -0.4 is 5.32 Å². The third kappa shape index (κ3) is 7.09. The number of hydrogen-bond acceptors (Lipinski definition) is 5. The highest BCUT2D eigenvalue weighted by atomic mass is 19.1. The molecule has 0 saturated carbocycles. The second-order valence-electron chi connectivity index (χ2n) is 8.51. The molecule has 30 heavy (non-hydrogen) atoms. The number of esters is 1. The molecule has 7 nitrogen and oxygen atoms in total. The number of hydrogen-bond donors (Lipinski definition) is 1. The molecule has 0 spiro atoms. The summed E-state index contributed by atoms with van der Waals surface area (Å²) >= 11 is 0. The maximum absolute atomic E-state index is 13.0. The summed E-state index contributed by atoms with van der Waals surface area (Å²) in [6.45, 7) is 9.16. The molecule has 1 N–H and O–H groups in total. The van der Waals surface area contributed by atoms with Gasteiger partial charge in [-0.25, -0.2) is 4.39 Å². The Hall–Kier alpha value is -2.48. The topological polar surface area (TPSA) is 79.0 Å². The zero-order valence-corrected chi connectivity index (χ0v) is 18.2. The van der Waals surface area contributed by atoms with Gasteiger partial charge in [0.2, 0.25) is 11.8 Å². The Morgan fingerprint density at radius 1 is 1.17 bits per heavy atom. The zero-order valence-electron chi connectivity index (χ0n) is 18.2. The summed E-state index contributed by atoms with van der Waals surface area (Å²) in [6, 6.07) is 5.48. The van der Waals surface area contributed by atoms with Gasteiger partial charge in [0.05, 0.1) is 19.1 Å². The molecule has 0 radical (unpaired) electrons. The maximum Gasteiger partial charge on any atom is 0.309 e.